The summed E-state index contributed by atoms with van der Waals surface area (Å²) in [5, 5.41) is 3.03. The molecule has 1 atom stereocenters. The van der Waals surface area contributed by atoms with Gasteiger partial charge in [0.05, 0.1) is 7.11 Å². The van der Waals surface area contributed by atoms with Gasteiger partial charge >= 0.3 is 555 Å². The summed E-state index contributed by atoms with van der Waals surface area (Å²) in [4.78, 5) is 35.6. The fraction of sp³-hybridized carbons (Fsp3) is 0.484. The Bertz CT molecular complexity index is 4750. The molecule has 0 radical (unpaired) electrons. The first-order valence-corrected chi connectivity index (χ1v) is 48.5. The summed E-state index contributed by atoms with van der Waals surface area (Å²) in [6.45, 7) is 13.2. The number of hydrogen-bond acceptors (Lipinski definition) is 20. The van der Waals surface area contributed by atoms with Crippen LogP contribution < -0.4 is 11.0 Å². The Morgan fingerprint density at radius 2 is 0.814 bits per heavy atom. The molecule has 26 nitrogen and oxygen atoms in total. The van der Waals surface area contributed by atoms with E-state index in [1.807, 2.05) is 97.1 Å². The van der Waals surface area contributed by atoms with Gasteiger partial charge in [-0.25, -0.2) is 0 Å². The number of ether oxygens (including phenoxy) is 1. The number of carbonyl (C=O) groups is 1. The number of hydrogen-bond donors (Lipinski definition) is 0. The van der Waals surface area contributed by atoms with Crippen molar-refractivity contribution in [2.45, 2.75) is 116 Å². The summed E-state index contributed by atoms with van der Waals surface area (Å²) in [6.07, 6.45) is 3.56. The van der Waals surface area contributed by atoms with Gasteiger partial charge in [-0.05, 0) is 0 Å². The summed E-state index contributed by atoms with van der Waals surface area (Å²) < 4.78 is 180. The van der Waals surface area contributed by atoms with Crippen LogP contribution in [-0.2, 0) is 58.2 Å². The van der Waals surface area contributed by atoms with Gasteiger partial charge in [0.25, 0.3) is 0 Å². The van der Waals surface area contributed by atoms with Gasteiger partial charge in [0.2, 0.25) is 0 Å². The van der Waals surface area contributed by atoms with Crippen molar-refractivity contribution in [1.82, 2.24) is 8.47 Å². The van der Waals surface area contributed by atoms with Crippen LogP contribution in [0.5, 0.6) is 0 Å². The second-order valence-corrected chi connectivity index (χ2v) is 48.6. The quantitative estimate of drug-likeness (QED) is 0.0142. The summed E-state index contributed by atoms with van der Waals surface area (Å²) in [6, 6.07) is 32.8. The van der Waals surface area contributed by atoms with E-state index in [2.05, 4.69) is 50.1 Å². The first kappa shape index (κ1) is 70.7. The normalized spacial score (nSPS) is 18.3. The molecule has 6 aliphatic heterocycles. The zero-order valence-electron chi connectivity index (χ0n) is 55.6. The molecule has 1 unspecified atom stereocenters. The Kier molecular flexibility index (Phi) is 18.3. The maximum atomic E-state index is 12.3. The minimum atomic E-state index is -7.36. The van der Waals surface area contributed by atoms with E-state index in [0.29, 0.717) is 102 Å². The summed E-state index contributed by atoms with van der Waals surface area (Å²) >= 11 is 0. The molecule has 0 N–H and O–H groups in total. The summed E-state index contributed by atoms with van der Waals surface area (Å²) in [5.41, 5.74) is 4.04. The maximum absolute atomic E-state index is 12.3. The van der Waals surface area contributed by atoms with Crippen molar-refractivity contribution in [2.75, 3.05) is 82.5 Å². The summed E-state index contributed by atoms with van der Waals surface area (Å²) in [7, 11) is -32.2. The Labute approximate surface area is 567 Å². The number of fused-ring (bicyclic) bond motifs is 12. The van der Waals surface area contributed by atoms with E-state index < -0.39 is 87.9 Å². The van der Waals surface area contributed by atoms with Crippen molar-refractivity contribution >= 4 is 127 Å². The van der Waals surface area contributed by atoms with Crippen LogP contribution in [0.1, 0.15) is 99.8 Å². The molecule has 2 aromatic heterocycles. The molecule has 97 heavy (non-hydrogen) atoms. The van der Waals surface area contributed by atoms with E-state index >= 15 is 0 Å². The zero-order valence-corrected chi connectivity index (χ0v) is 61.8. The molecule has 6 aliphatic rings. The van der Waals surface area contributed by atoms with Crippen molar-refractivity contribution in [3.63, 3.8) is 0 Å². The SMILES string of the molecule is CCC[N+](CCCCCC(=O)OC)(CCC[Si](C)(C)O[Si-2]123(O[Si](C)(C)CCC[N+](CCCS(=O)(=O)[O-])(CCCS(=O)(=O)[O-])CCCS(=O)(=O)[O-])n4c5c6ccccc6c4N=C4c6ccccc6C(=[N+]41)N=c1c4ccccc4c(n12)=NC1=[N+]3C(=N5)c2ccccc21)CCCS(=O)(=O)[O-]. The molecular formula is C64H84N10O16S4Si3-2. The third-order valence-corrected chi connectivity index (χ3v) is 40.3. The topological polar surface area (TPSA) is 339 Å². The average molecular weight is 1460 g/mol. The first-order chi connectivity index (χ1) is 45.7. The fourth-order valence-corrected chi connectivity index (χ4v) is 41.2. The van der Waals surface area contributed by atoms with E-state index in [1.165, 1.54) is 7.11 Å². The van der Waals surface area contributed by atoms with Crippen LogP contribution in [0.4, 0.5) is 11.6 Å². The Hall–Kier alpha value is -6.16. The number of esters is 1. The molecule has 0 amide bonds. The van der Waals surface area contributed by atoms with E-state index in [4.69, 9.17) is 24.7 Å². The van der Waals surface area contributed by atoms with Gasteiger partial charge in [0, 0.05) is 0 Å². The molecule has 0 fully saturated rings. The van der Waals surface area contributed by atoms with Gasteiger partial charge in [-0.3, -0.25) is 4.79 Å². The number of rotatable bonds is 36. The Morgan fingerprint density at radius 3 is 1.20 bits per heavy atom. The predicted molar refractivity (Wildman–Crippen MR) is 370 cm³/mol. The van der Waals surface area contributed by atoms with Gasteiger partial charge in [-0.15, -0.1) is 0 Å². The van der Waals surface area contributed by atoms with Crippen molar-refractivity contribution in [3.8, 4) is 0 Å². The molecule has 0 bridgehead atoms. The van der Waals surface area contributed by atoms with Gasteiger partial charge in [0.15, 0.2) is 0 Å². The Balaban J connectivity index is 1.11. The predicted octanol–water partition coefficient (Wildman–Crippen LogP) is 6.07. The van der Waals surface area contributed by atoms with Crippen LogP contribution in [0.2, 0.25) is 38.3 Å². The van der Waals surface area contributed by atoms with Crippen molar-refractivity contribution < 1.29 is 87.1 Å². The van der Waals surface area contributed by atoms with Crippen molar-refractivity contribution in [2.24, 2.45) is 20.0 Å². The molecule has 8 heterocycles. The van der Waals surface area contributed by atoms with Crippen LogP contribution in [0, 0.1) is 0 Å². The number of carbonyl (C=O) groups excluding carboxylic acids is 1. The van der Waals surface area contributed by atoms with Gasteiger partial charge in [-0.2, -0.15) is 0 Å². The van der Waals surface area contributed by atoms with E-state index in [-0.39, 0.29) is 75.2 Å². The van der Waals surface area contributed by atoms with Crippen LogP contribution in [-0.4, -0.2) is 214 Å². The standard InChI is InChI=1S/C64H86N10O16S4Si3/c1-7-34-73(36-19-42-91(76,77)78,35-18-8-9-33-56(75)88-2)40-23-46-95(3,4)89-97(90-96(5,6)47-24-41-74(37-20-43-92(79,80)81,38-21-44-93(82,83)84)39-22-45-94(85,86)87)69-57-48-25-10-11-26-49(48)58(69)66-60-52-29-14-15-30-53(52)62(71(60)97)68-64-55-32-17-16-31-54(55)63(72(64)97)67-61-51-28-13-12-27-50(51)59(65-57)70(61)97/h10-17,25-32H,7-9,18-24,33-47H2,1-6H3,(H2-2,76,77,78,79,80,81,82,83,84,85,86,87)/p-2. The molecule has 524 valence electrons. The average Bonchev–Trinajstić information content (AvgIpc) is 1.48. The number of aromatic nitrogens is 2. The van der Waals surface area contributed by atoms with Crippen LogP contribution >= 0.6 is 0 Å². The van der Waals surface area contributed by atoms with Crippen molar-refractivity contribution in [1.29, 1.82) is 0 Å². The number of unbranched alkanes of at least 4 members (excludes halogenated alkanes) is 2. The minimum absolute atomic E-state index is 0.0263. The molecule has 4 aromatic carbocycles. The summed E-state index contributed by atoms with van der Waals surface area (Å²) in [5.74, 6) is -0.0639. The monoisotopic (exact) mass is 1460 g/mol. The number of methoxy groups -OCH3 is 1. The third kappa shape index (κ3) is 12.4. The number of aliphatic imine (C=N–C) groups is 2. The first-order valence-electron chi connectivity index (χ1n) is 33.4. The number of benzene rings is 4. The van der Waals surface area contributed by atoms with E-state index in [1.54, 1.807) is 0 Å². The van der Waals surface area contributed by atoms with E-state index in [9.17, 15) is 64.9 Å². The second-order valence-electron chi connectivity index (χ2n) is 28.2. The van der Waals surface area contributed by atoms with Crippen molar-refractivity contribution in [3.05, 3.63) is 130 Å². The number of nitrogens with zero attached hydrogens (tertiary/aromatic N) is 10. The second kappa shape index (κ2) is 25.2. The Morgan fingerprint density at radius 1 is 0.464 bits per heavy atom. The van der Waals surface area contributed by atoms with Crippen LogP contribution in [0.3, 0.4) is 0 Å². The molecule has 1 spiro atoms. The molecular weight excluding hydrogens is 1380 g/mol. The van der Waals surface area contributed by atoms with Gasteiger partial charge in [-0.1, -0.05) is 0 Å². The molecule has 0 saturated heterocycles. The molecule has 12 rings (SSSR count). The van der Waals surface area contributed by atoms with Gasteiger partial charge < -0.3 is 4.74 Å². The van der Waals surface area contributed by atoms with Gasteiger partial charge in [0.1, 0.15) is 0 Å². The third-order valence-electron chi connectivity index (χ3n) is 20.5. The zero-order chi connectivity index (χ0) is 69.5. The molecule has 0 aliphatic carbocycles. The number of amidine groups is 4. The number of quaternary nitrogens is 2. The molecule has 0 saturated carbocycles. The molecule has 6 aromatic rings. The fourth-order valence-electron chi connectivity index (χ4n) is 17.1. The van der Waals surface area contributed by atoms with Crippen LogP contribution in [0.15, 0.2) is 117 Å². The van der Waals surface area contributed by atoms with E-state index in [0.717, 1.165) is 63.1 Å². The van der Waals surface area contributed by atoms with Crippen LogP contribution in [0.25, 0.3) is 21.5 Å². The molecule has 33 heteroatoms.